The molecule has 0 heterocycles. The van der Waals surface area contributed by atoms with E-state index in [1.54, 1.807) is 37.3 Å². The number of nitrogens with zero attached hydrogens (tertiary/aromatic N) is 1. The zero-order valence-electron chi connectivity index (χ0n) is 15.1. The van der Waals surface area contributed by atoms with E-state index in [2.05, 4.69) is 5.32 Å². The Balaban J connectivity index is 2.24. The average molecular weight is 411 g/mol. The van der Waals surface area contributed by atoms with E-state index >= 15 is 0 Å². The Kier molecular flexibility index (Phi) is 7.63. The minimum Gasteiger partial charge on any atom is -0.355 e. The third-order valence-corrected chi connectivity index (χ3v) is 4.86. The van der Waals surface area contributed by atoms with E-state index in [-0.39, 0.29) is 30.6 Å². The highest BCUT2D eigenvalue weighted by molar-refractivity contribution is 6.42. The molecule has 2 aromatic carbocycles. The Morgan fingerprint density at radius 3 is 2.30 bits per heavy atom. The molecule has 0 aliphatic carbocycles. The van der Waals surface area contributed by atoms with Gasteiger partial charge in [0.25, 0.3) is 0 Å². The van der Waals surface area contributed by atoms with Crippen LogP contribution < -0.4 is 5.32 Å². The molecule has 0 bridgehead atoms. The van der Waals surface area contributed by atoms with Gasteiger partial charge in [-0.05, 0) is 49.2 Å². The van der Waals surface area contributed by atoms with Crippen molar-refractivity contribution in [1.29, 1.82) is 0 Å². The molecular weight excluding hydrogens is 390 g/mol. The fourth-order valence-corrected chi connectivity index (χ4v) is 2.94. The fraction of sp³-hybridized carbons (Fsp3) is 0.300. The van der Waals surface area contributed by atoms with Crippen molar-refractivity contribution < 1.29 is 14.0 Å². The third-order valence-electron chi connectivity index (χ3n) is 4.12. The van der Waals surface area contributed by atoms with Crippen LogP contribution in [0.3, 0.4) is 0 Å². The summed E-state index contributed by atoms with van der Waals surface area (Å²) >= 11 is 12.0. The molecular formula is C20H21Cl2FN2O2. The van der Waals surface area contributed by atoms with Gasteiger partial charge < -0.3 is 10.2 Å². The van der Waals surface area contributed by atoms with E-state index in [0.29, 0.717) is 22.2 Å². The molecule has 0 spiro atoms. The van der Waals surface area contributed by atoms with Gasteiger partial charge in [0.2, 0.25) is 11.8 Å². The lowest BCUT2D eigenvalue weighted by Crippen LogP contribution is -2.48. The Morgan fingerprint density at radius 1 is 1.07 bits per heavy atom. The van der Waals surface area contributed by atoms with Crippen LogP contribution in [0.15, 0.2) is 42.5 Å². The van der Waals surface area contributed by atoms with Gasteiger partial charge in [-0.2, -0.15) is 0 Å². The van der Waals surface area contributed by atoms with Crippen LogP contribution in [-0.4, -0.2) is 29.3 Å². The van der Waals surface area contributed by atoms with Gasteiger partial charge >= 0.3 is 0 Å². The second kappa shape index (κ2) is 9.72. The number of amides is 2. The largest absolute Gasteiger partial charge is 0.355 e. The number of hydrogen-bond donors (Lipinski definition) is 1. The second-order valence-electron chi connectivity index (χ2n) is 6.14. The number of rotatable bonds is 7. The standard InChI is InChI=1S/C20H21Cl2FN2O2/c1-3-24-20(27)13(2)25(12-15-6-9-17(21)18(22)10-15)19(26)11-14-4-7-16(23)8-5-14/h4-10,13H,3,11-12H2,1-2H3,(H,24,27). The van der Waals surface area contributed by atoms with Crippen LogP contribution in [0.2, 0.25) is 10.0 Å². The Morgan fingerprint density at radius 2 is 1.70 bits per heavy atom. The van der Waals surface area contributed by atoms with Crippen molar-refractivity contribution in [3.63, 3.8) is 0 Å². The molecule has 0 aliphatic rings. The monoisotopic (exact) mass is 410 g/mol. The van der Waals surface area contributed by atoms with Crippen molar-refractivity contribution in [3.05, 3.63) is 69.5 Å². The summed E-state index contributed by atoms with van der Waals surface area (Å²) in [7, 11) is 0. The average Bonchev–Trinajstić information content (AvgIpc) is 2.64. The van der Waals surface area contributed by atoms with Crippen LogP contribution >= 0.6 is 23.2 Å². The summed E-state index contributed by atoms with van der Waals surface area (Å²) in [5.74, 6) is -0.856. The third kappa shape index (κ3) is 5.94. The molecule has 2 aromatic rings. The van der Waals surface area contributed by atoms with Gasteiger partial charge in [0.1, 0.15) is 11.9 Å². The van der Waals surface area contributed by atoms with E-state index in [4.69, 9.17) is 23.2 Å². The molecule has 0 aliphatic heterocycles. The van der Waals surface area contributed by atoms with Crippen molar-refractivity contribution in [2.75, 3.05) is 6.54 Å². The highest BCUT2D eigenvalue weighted by Crippen LogP contribution is 2.24. The molecule has 0 aromatic heterocycles. The minimum absolute atomic E-state index is 0.0609. The van der Waals surface area contributed by atoms with E-state index < -0.39 is 6.04 Å². The number of hydrogen-bond acceptors (Lipinski definition) is 2. The van der Waals surface area contributed by atoms with E-state index in [9.17, 15) is 14.0 Å². The number of carbonyl (C=O) groups is 2. The predicted octanol–water partition coefficient (Wildman–Crippen LogP) is 4.23. The number of carbonyl (C=O) groups excluding carboxylic acids is 2. The van der Waals surface area contributed by atoms with Gasteiger partial charge in [-0.25, -0.2) is 4.39 Å². The van der Waals surface area contributed by atoms with Gasteiger partial charge in [-0.3, -0.25) is 9.59 Å². The molecule has 27 heavy (non-hydrogen) atoms. The molecule has 144 valence electrons. The van der Waals surface area contributed by atoms with E-state index in [1.165, 1.54) is 17.0 Å². The van der Waals surface area contributed by atoms with Gasteiger partial charge in [-0.1, -0.05) is 41.4 Å². The Bertz CT molecular complexity index is 812. The van der Waals surface area contributed by atoms with Crippen molar-refractivity contribution >= 4 is 35.0 Å². The summed E-state index contributed by atoms with van der Waals surface area (Å²) in [5.41, 5.74) is 1.43. The molecule has 7 heteroatoms. The highest BCUT2D eigenvalue weighted by Gasteiger charge is 2.26. The molecule has 1 unspecified atom stereocenters. The number of likely N-dealkylation sites (N-methyl/N-ethyl adjacent to an activating group) is 1. The zero-order chi connectivity index (χ0) is 20.0. The Labute approximate surface area is 168 Å². The second-order valence-corrected chi connectivity index (χ2v) is 6.96. The maximum atomic E-state index is 13.1. The lowest BCUT2D eigenvalue weighted by Gasteiger charge is -2.29. The van der Waals surface area contributed by atoms with Crippen molar-refractivity contribution in [3.8, 4) is 0 Å². The van der Waals surface area contributed by atoms with Crippen molar-refractivity contribution in [2.45, 2.75) is 32.9 Å². The molecule has 4 nitrogen and oxygen atoms in total. The molecule has 1 N–H and O–H groups in total. The zero-order valence-corrected chi connectivity index (χ0v) is 16.6. The topological polar surface area (TPSA) is 49.4 Å². The molecule has 0 radical (unpaired) electrons. The number of benzene rings is 2. The van der Waals surface area contributed by atoms with Gasteiger partial charge in [0, 0.05) is 13.1 Å². The smallest absolute Gasteiger partial charge is 0.242 e. The lowest BCUT2D eigenvalue weighted by atomic mass is 10.1. The minimum atomic E-state index is -0.674. The van der Waals surface area contributed by atoms with Crippen LogP contribution in [0.5, 0.6) is 0 Å². The predicted molar refractivity (Wildman–Crippen MR) is 105 cm³/mol. The molecule has 0 saturated carbocycles. The highest BCUT2D eigenvalue weighted by atomic mass is 35.5. The van der Waals surface area contributed by atoms with Crippen LogP contribution in [0.4, 0.5) is 4.39 Å². The van der Waals surface area contributed by atoms with Crippen LogP contribution in [0.25, 0.3) is 0 Å². The maximum absolute atomic E-state index is 13.1. The quantitative estimate of drug-likeness (QED) is 0.742. The van der Waals surface area contributed by atoms with Crippen molar-refractivity contribution in [1.82, 2.24) is 10.2 Å². The van der Waals surface area contributed by atoms with Crippen molar-refractivity contribution in [2.24, 2.45) is 0 Å². The summed E-state index contributed by atoms with van der Waals surface area (Å²) < 4.78 is 13.1. The van der Waals surface area contributed by atoms with E-state index in [0.717, 1.165) is 5.56 Å². The Hall–Kier alpha value is -2.11. The first-order valence-electron chi connectivity index (χ1n) is 8.57. The van der Waals surface area contributed by atoms with Gasteiger partial charge in [0.15, 0.2) is 0 Å². The SMILES string of the molecule is CCNC(=O)C(C)N(Cc1ccc(Cl)c(Cl)c1)C(=O)Cc1ccc(F)cc1. The van der Waals surface area contributed by atoms with Gasteiger partial charge in [-0.15, -0.1) is 0 Å². The lowest BCUT2D eigenvalue weighted by molar-refractivity contribution is -0.140. The van der Waals surface area contributed by atoms with Crippen LogP contribution in [0.1, 0.15) is 25.0 Å². The summed E-state index contributed by atoms with van der Waals surface area (Å²) in [6.45, 7) is 4.16. The molecule has 2 rings (SSSR count). The molecule has 0 saturated heterocycles. The fourth-order valence-electron chi connectivity index (χ4n) is 2.62. The first kappa shape index (κ1) is 21.2. The van der Waals surface area contributed by atoms with E-state index in [1.807, 2.05) is 6.92 Å². The summed E-state index contributed by atoms with van der Waals surface area (Å²) in [6.07, 6.45) is 0.0609. The molecule has 0 fully saturated rings. The first-order chi connectivity index (χ1) is 12.8. The summed E-state index contributed by atoms with van der Waals surface area (Å²) in [5, 5.41) is 3.53. The first-order valence-corrected chi connectivity index (χ1v) is 9.33. The normalized spacial score (nSPS) is 11.7. The van der Waals surface area contributed by atoms with Gasteiger partial charge in [0.05, 0.1) is 16.5 Å². The number of nitrogens with one attached hydrogen (secondary N) is 1. The van der Waals surface area contributed by atoms with Crippen LogP contribution in [0, 0.1) is 5.82 Å². The summed E-state index contributed by atoms with van der Waals surface area (Å²) in [4.78, 5) is 26.7. The van der Waals surface area contributed by atoms with Crippen LogP contribution in [-0.2, 0) is 22.6 Å². The number of halogens is 3. The maximum Gasteiger partial charge on any atom is 0.242 e. The molecule has 1 atom stereocenters. The molecule has 2 amide bonds. The summed E-state index contributed by atoms with van der Waals surface area (Å²) in [6, 6.07) is 10.1.